The third-order valence-electron chi connectivity index (χ3n) is 6.55. The third-order valence-corrected chi connectivity index (χ3v) is 6.55. The van der Waals surface area contributed by atoms with Crippen molar-refractivity contribution in [2.45, 2.75) is 37.7 Å². The lowest BCUT2D eigenvalue weighted by molar-refractivity contribution is -0.0500. The summed E-state index contributed by atoms with van der Waals surface area (Å²) in [5.41, 5.74) is 1.76. The molecule has 2 aromatic rings. The highest BCUT2D eigenvalue weighted by molar-refractivity contribution is 5.84. The molecule has 1 heterocycles. The summed E-state index contributed by atoms with van der Waals surface area (Å²) in [6.45, 7) is 0. The molecule has 2 nitrogen and oxygen atoms in total. The summed E-state index contributed by atoms with van der Waals surface area (Å²) >= 11 is 0. The van der Waals surface area contributed by atoms with Crippen molar-refractivity contribution in [1.29, 1.82) is 0 Å². The van der Waals surface area contributed by atoms with Gasteiger partial charge in [-0.05, 0) is 67.1 Å². The summed E-state index contributed by atoms with van der Waals surface area (Å²) in [4.78, 5) is 3.28. The first-order chi connectivity index (χ1) is 9.77. The first-order valence-corrected chi connectivity index (χ1v) is 8.06. The zero-order valence-electron chi connectivity index (χ0n) is 11.7. The summed E-state index contributed by atoms with van der Waals surface area (Å²) in [6, 6.07) is 8.47. The maximum absolute atomic E-state index is 11.5. The van der Waals surface area contributed by atoms with E-state index in [9.17, 15) is 5.11 Å². The minimum atomic E-state index is -0.572. The molecule has 1 aromatic heterocycles. The molecule has 2 bridgehead atoms. The molecule has 0 spiro atoms. The Balaban J connectivity index is 1.66. The quantitative estimate of drug-likeness (QED) is 0.809. The monoisotopic (exact) mass is 267 g/mol. The predicted octanol–water partition coefficient (Wildman–Crippen LogP) is 3.81. The molecule has 2 N–H and O–H groups in total. The molecule has 0 amide bonds. The van der Waals surface area contributed by atoms with Crippen molar-refractivity contribution in [1.82, 2.24) is 4.98 Å². The molecule has 3 saturated carbocycles. The van der Waals surface area contributed by atoms with Crippen LogP contribution in [0.2, 0.25) is 0 Å². The molecule has 104 valence electrons. The Labute approximate surface area is 119 Å². The van der Waals surface area contributed by atoms with Gasteiger partial charge in [-0.15, -0.1) is 0 Å². The van der Waals surface area contributed by atoms with Crippen LogP contribution in [0.5, 0.6) is 0 Å². The van der Waals surface area contributed by atoms with E-state index in [0.717, 1.165) is 29.7 Å². The smallest absolute Gasteiger partial charge is 0.0936 e. The van der Waals surface area contributed by atoms with Gasteiger partial charge in [0.25, 0.3) is 0 Å². The van der Waals surface area contributed by atoms with Crippen LogP contribution in [0.1, 0.15) is 37.7 Å². The van der Waals surface area contributed by atoms with E-state index in [1.165, 1.54) is 36.6 Å². The van der Waals surface area contributed by atoms with Crippen LogP contribution in [0.25, 0.3) is 10.9 Å². The minimum absolute atomic E-state index is 0.500. The lowest BCUT2D eigenvalue weighted by Crippen LogP contribution is -2.39. The number of nitrogens with one attached hydrogen (secondary N) is 1. The fourth-order valence-electron chi connectivity index (χ4n) is 5.89. The fraction of sp³-hybridized carbons (Fsp3) is 0.556. The Morgan fingerprint density at radius 3 is 3.00 bits per heavy atom. The largest absolute Gasteiger partial charge is 0.385 e. The molecule has 2 heteroatoms. The van der Waals surface area contributed by atoms with E-state index in [4.69, 9.17) is 0 Å². The van der Waals surface area contributed by atoms with Crippen LogP contribution < -0.4 is 0 Å². The van der Waals surface area contributed by atoms with Gasteiger partial charge in [0.2, 0.25) is 0 Å². The van der Waals surface area contributed by atoms with E-state index in [-0.39, 0.29) is 0 Å². The Bertz CT molecular complexity index is 675. The van der Waals surface area contributed by atoms with Crippen LogP contribution in [0, 0.1) is 23.7 Å². The van der Waals surface area contributed by atoms with Crippen LogP contribution in [0.4, 0.5) is 0 Å². The summed E-state index contributed by atoms with van der Waals surface area (Å²) in [6.07, 6.45) is 8.37. The van der Waals surface area contributed by atoms with Crippen molar-refractivity contribution in [2.75, 3.05) is 0 Å². The van der Waals surface area contributed by atoms with E-state index < -0.39 is 5.60 Å². The first-order valence-electron chi connectivity index (χ1n) is 8.06. The highest BCUT2D eigenvalue weighted by atomic mass is 16.3. The van der Waals surface area contributed by atoms with Crippen LogP contribution in [-0.2, 0) is 5.60 Å². The lowest BCUT2D eigenvalue weighted by atomic mass is 9.69. The Kier molecular flexibility index (Phi) is 2.09. The lowest BCUT2D eigenvalue weighted by Gasteiger charge is -2.39. The van der Waals surface area contributed by atoms with Crippen LogP contribution in [0.3, 0.4) is 0 Å². The number of hydrogen-bond acceptors (Lipinski definition) is 1. The minimum Gasteiger partial charge on any atom is -0.385 e. The average Bonchev–Trinajstić information content (AvgIpc) is 3.18. The van der Waals surface area contributed by atoms with Crippen molar-refractivity contribution in [2.24, 2.45) is 23.7 Å². The molecule has 3 aliphatic carbocycles. The van der Waals surface area contributed by atoms with Gasteiger partial charge in [0.15, 0.2) is 0 Å². The zero-order chi connectivity index (χ0) is 13.3. The molecular formula is C18H21NO. The van der Waals surface area contributed by atoms with Gasteiger partial charge < -0.3 is 10.1 Å². The molecule has 3 fully saturated rings. The molecule has 5 rings (SSSR count). The number of aromatic amines is 1. The van der Waals surface area contributed by atoms with Gasteiger partial charge in [-0.2, -0.15) is 0 Å². The number of fused-ring (bicyclic) bond motifs is 6. The van der Waals surface area contributed by atoms with Crippen molar-refractivity contribution < 1.29 is 5.11 Å². The van der Waals surface area contributed by atoms with Gasteiger partial charge in [0.1, 0.15) is 0 Å². The number of hydrogen-bond donors (Lipinski definition) is 2. The third kappa shape index (κ3) is 1.24. The van der Waals surface area contributed by atoms with E-state index in [0.29, 0.717) is 5.92 Å². The Morgan fingerprint density at radius 2 is 2.05 bits per heavy atom. The fourth-order valence-corrected chi connectivity index (χ4v) is 5.89. The topological polar surface area (TPSA) is 36.0 Å². The predicted molar refractivity (Wildman–Crippen MR) is 79.2 cm³/mol. The molecule has 5 unspecified atom stereocenters. The zero-order valence-corrected chi connectivity index (χ0v) is 11.7. The van der Waals surface area contributed by atoms with Crippen LogP contribution in [0.15, 0.2) is 30.5 Å². The Morgan fingerprint density at radius 1 is 1.15 bits per heavy atom. The van der Waals surface area contributed by atoms with E-state index in [1.807, 2.05) is 6.20 Å². The van der Waals surface area contributed by atoms with E-state index in [2.05, 4.69) is 29.2 Å². The van der Waals surface area contributed by atoms with Crippen LogP contribution >= 0.6 is 0 Å². The highest BCUT2D eigenvalue weighted by Gasteiger charge is 2.61. The SMILES string of the molecule is OC1(c2cccc3[nH]ccc23)CC2CC1C1CCCC21. The van der Waals surface area contributed by atoms with Crippen molar-refractivity contribution >= 4 is 10.9 Å². The molecule has 1 aromatic carbocycles. The maximum atomic E-state index is 11.5. The number of aliphatic hydroxyl groups is 1. The maximum Gasteiger partial charge on any atom is 0.0936 e. The summed E-state index contributed by atoms with van der Waals surface area (Å²) in [5.74, 6) is 2.98. The second-order valence-electron chi connectivity index (χ2n) is 7.23. The number of aromatic nitrogens is 1. The number of H-pyrrole nitrogens is 1. The molecular weight excluding hydrogens is 246 g/mol. The second kappa shape index (κ2) is 3.67. The molecule has 0 radical (unpaired) electrons. The molecule has 0 saturated heterocycles. The van der Waals surface area contributed by atoms with Gasteiger partial charge >= 0.3 is 0 Å². The van der Waals surface area contributed by atoms with Gasteiger partial charge in [0, 0.05) is 17.1 Å². The van der Waals surface area contributed by atoms with Gasteiger partial charge in [-0.3, -0.25) is 0 Å². The van der Waals surface area contributed by atoms with Gasteiger partial charge in [0.05, 0.1) is 5.60 Å². The summed E-state index contributed by atoms with van der Waals surface area (Å²) < 4.78 is 0. The second-order valence-corrected chi connectivity index (χ2v) is 7.23. The standard InChI is InChI=1S/C18H21NO/c20-18(15-5-2-6-17-14(15)7-8-19-17)10-11-9-16(18)13-4-1-3-12(11)13/h2,5-8,11-13,16,19-20H,1,3-4,9-10H2. The highest BCUT2D eigenvalue weighted by Crippen LogP contribution is 2.65. The number of benzene rings is 1. The molecule has 20 heavy (non-hydrogen) atoms. The van der Waals surface area contributed by atoms with Crippen molar-refractivity contribution in [3.63, 3.8) is 0 Å². The van der Waals surface area contributed by atoms with Gasteiger partial charge in [-0.1, -0.05) is 18.6 Å². The van der Waals surface area contributed by atoms with E-state index in [1.54, 1.807) is 0 Å². The molecule has 5 atom stereocenters. The van der Waals surface area contributed by atoms with Gasteiger partial charge in [-0.25, -0.2) is 0 Å². The van der Waals surface area contributed by atoms with Crippen LogP contribution in [-0.4, -0.2) is 10.1 Å². The average molecular weight is 267 g/mol. The van der Waals surface area contributed by atoms with Crippen molar-refractivity contribution in [3.05, 3.63) is 36.0 Å². The first kappa shape index (κ1) is 11.4. The Hall–Kier alpha value is -1.28. The van der Waals surface area contributed by atoms with E-state index >= 15 is 0 Å². The molecule has 0 aliphatic heterocycles. The molecule has 3 aliphatic rings. The summed E-state index contributed by atoms with van der Waals surface area (Å²) in [5, 5.41) is 12.7. The van der Waals surface area contributed by atoms with Crippen molar-refractivity contribution in [3.8, 4) is 0 Å². The normalized spacial score (nSPS) is 42.5. The number of rotatable bonds is 1. The summed E-state index contributed by atoms with van der Waals surface area (Å²) in [7, 11) is 0.